The summed E-state index contributed by atoms with van der Waals surface area (Å²) in [5.74, 6) is 0.691. The molecule has 0 saturated carbocycles. The molecule has 0 bridgehead atoms. The fourth-order valence-corrected chi connectivity index (χ4v) is 5.36. The lowest BCUT2D eigenvalue weighted by Crippen LogP contribution is -2.35. The Balaban J connectivity index is 1.19. The van der Waals surface area contributed by atoms with E-state index in [1.807, 2.05) is 16.5 Å². The molecule has 0 unspecified atom stereocenters. The second kappa shape index (κ2) is 8.32. The fraction of sp³-hybridized carbons (Fsp3) is 0.227. The molecule has 0 fully saturated rings. The lowest BCUT2D eigenvalue weighted by molar-refractivity contribution is -0.127. The van der Waals surface area contributed by atoms with Crippen molar-refractivity contribution in [2.45, 2.75) is 12.2 Å². The van der Waals surface area contributed by atoms with Gasteiger partial charge in [-0.05, 0) is 30.2 Å². The van der Waals surface area contributed by atoms with Crippen LogP contribution in [-0.2, 0) is 10.5 Å². The highest BCUT2D eigenvalue weighted by atomic mass is 32.2. The van der Waals surface area contributed by atoms with Crippen molar-refractivity contribution in [1.29, 1.82) is 0 Å². The topological polar surface area (TPSA) is 70.5 Å². The number of thioether (sulfide) groups is 1. The smallest absolute Gasteiger partial charge is 0.258 e. The minimum absolute atomic E-state index is 0.0789. The Morgan fingerprint density at radius 3 is 3.06 bits per heavy atom. The van der Waals surface area contributed by atoms with Gasteiger partial charge in [-0.3, -0.25) is 14.0 Å². The molecule has 1 N–H and O–H groups in total. The summed E-state index contributed by atoms with van der Waals surface area (Å²) >= 11 is 2.89. The number of hydrogen-bond donors (Lipinski definition) is 1. The third-order valence-electron chi connectivity index (χ3n) is 5.38. The Morgan fingerprint density at radius 1 is 1.32 bits per heavy atom. The van der Waals surface area contributed by atoms with Crippen molar-refractivity contribution in [2.75, 3.05) is 18.8 Å². The van der Waals surface area contributed by atoms with E-state index in [0.717, 1.165) is 22.9 Å². The number of rotatable bonds is 5. The van der Waals surface area contributed by atoms with Crippen LogP contribution < -0.4 is 5.56 Å². The van der Waals surface area contributed by atoms with Crippen LogP contribution in [0.25, 0.3) is 21.4 Å². The lowest BCUT2D eigenvalue weighted by Gasteiger charge is -2.26. The zero-order chi connectivity index (χ0) is 21.4. The van der Waals surface area contributed by atoms with Crippen molar-refractivity contribution < 1.29 is 9.18 Å². The number of fused-ring (bicyclic) bond motifs is 2. The number of carbonyl (C=O) groups excluding carboxylic acids is 1. The van der Waals surface area contributed by atoms with Crippen LogP contribution in [0.3, 0.4) is 0 Å². The third kappa shape index (κ3) is 4.03. The number of hydrogen-bond acceptors (Lipinski definition) is 5. The van der Waals surface area contributed by atoms with E-state index in [0.29, 0.717) is 35.3 Å². The maximum atomic E-state index is 13.4. The summed E-state index contributed by atoms with van der Waals surface area (Å²) in [5.41, 5.74) is 3.62. The monoisotopic (exact) mass is 454 g/mol. The largest absolute Gasteiger partial charge is 0.360 e. The number of carbonyl (C=O) groups is 1. The molecule has 1 aromatic carbocycles. The zero-order valence-corrected chi connectivity index (χ0v) is 18.1. The van der Waals surface area contributed by atoms with Crippen LogP contribution in [-0.4, -0.2) is 44.0 Å². The molecule has 31 heavy (non-hydrogen) atoms. The highest BCUT2D eigenvalue weighted by Gasteiger charge is 2.19. The van der Waals surface area contributed by atoms with Crippen LogP contribution >= 0.6 is 23.1 Å². The van der Waals surface area contributed by atoms with Gasteiger partial charge in [0.05, 0.1) is 11.4 Å². The molecule has 1 aliphatic rings. The van der Waals surface area contributed by atoms with Gasteiger partial charge in [0, 0.05) is 59.1 Å². The van der Waals surface area contributed by atoms with Crippen molar-refractivity contribution in [2.24, 2.45) is 0 Å². The number of amides is 1. The fourth-order valence-electron chi connectivity index (χ4n) is 3.80. The Labute approximate surface area is 185 Å². The van der Waals surface area contributed by atoms with Gasteiger partial charge in [-0.15, -0.1) is 23.1 Å². The average Bonchev–Trinajstić information content (AvgIpc) is 3.41. The Hall–Kier alpha value is -2.91. The summed E-state index contributed by atoms with van der Waals surface area (Å²) in [6, 6.07) is 6.28. The van der Waals surface area contributed by atoms with Crippen LogP contribution in [0.15, 0.2) is 52.9 Å². The van der Waals surface area contributed by atoms with E-state index >= 15 is 0 Å². The van der Waals surface area contributed by atoms with Gasteiger partial charge >= 0.3 is 0 Å². The number of thiazole rings is 1. The second-order valence-electron chi connectivity index (χ2n) is 7.35. The summed E-state index contributed by atoms with van der Waals surface area (Å²) in [6.07, 6.45) is 6.45. The molecular weight excluding hydrogens is 435 g/mol. The first-order valence-corrected chi connectivity index (χ1v) is 11.9. The van der Waals surface area contributed by atoms with Crippen molar-refractivity contribution in [3.63, 3.8) is 0 Å². The number of nitrogens with zero attached hydrogens (tertiary/aromatic N) is 3. The summed E-state index contributed by atoms with van der Waals surface area (Å²) in [6.45, 7) is 1.21. The molecule has 4 heterocycles. The molecular formula is C22H19FN4O2S2. The van der Waals surface area contributed by atoms with E-state index in [4.69, 9.17) is 0 Å². The Bertz CT molecular complexity index is 1370. The van der Waals surface area contributed by atoms with Gasteiger partial charge in [0.25, 0.3) is 5.56 Å². The van der Waals surface area contributed by atoms with Crippen LogP contribution in [0, 0.1) is 5.82 Å². The van der Waals surface area contributed by atoms with Crippen LogP contribution in [0.5, 0.6) is 0 Å². The summed E-state index contributed by atoms with van der Waals surface area (Å²) in [5, 5.41) is 2.82. The molecule has 4 aromatic rings. The molecule has 0 spiro atoms. The molecule has 5 rings (SSSR count). The average molecular weight is 455 g/mol. The van der Waals surface area contributed by atoms with Gasteiger partial charge in [0.15, 0.2) is 4.96 Å². The van der Waals surface area contributed by atoms with Gasteiger partial charge in [0.2, 0.25) is 5.91 Å². The highest BCUT2D eigenvalue weighted by molar-refractivity contribution is 7.99. The number of halogens is 1. The summed E-state index contributed by atoms with van der Waals surface area (Å²) < 4.78 is 14.9. The second-order valence-corrected chi connectivity index (χ2v) is 9.20. The van der Waals surface area contributed by atoms with Crippen molar-refractivity contribution in [3.8, 4) is 0 Å². The van der Waals surface area contributed by atoms with Crippen LogP contribution in [0.1, 0.15) is 17.7 Å². The molecule has 0 radical (unpaired) electrons. The van der Waals surface area contributed by atoms with E-state index < -0.39 is 0 Å². The minimum atomic E-state index is -0.261. The third-order valence-corrected chi connectivity index (χ3v) is 7.09. The lowest BCUT2D eigenvalue weighted by atomic mass is 9.99. The molecule has 6 nitrogen and oxygen atoms in total. The molecule has 158 valence electrons. The molecule has 0 aliphatic carbocycles. The Kier molecular flexibility index (Phi) is 5.37. The van der Waals surface area contributed by atoms with Crippen LogP contribution in [0.4, 0.5) is 4.39 Å². The van der Waals surface area contributed by atoms with Gasteiger partial charge in [-0.2, -0.15) is 0 Å². The van der Waals surface area contributed by atoms with Crippen molar-refractivity contribution >= 4 is 50.4 Å². The summed E-state index contributed by atoms with van der Waals surface area (Å²) in [4.78, 5) is 34.8. The number of aromatic amines is 1. The number of aromatic nitrogens is 3. The quantitative estimate of drug-likeness (QED) is 0.496. The highest BCUT2D eigenvalue weighted by Crippen LogP contribution is 2.29. The standard InChI is InChI=1S/C22H19FN4O2S2/c23-15-1-2-17-18(11-24-19(17)9-15)14-3-5-26(6-4-14)21(29)13-30-12-16-10-20(28)27-7-8-31-22(27)25-16/h1-3,7-11,24H,4-6,12-13H2. The number of H-pyrrole nitrogens is 1. The predicted molar refractivity (Wildman–Crippen MR) is 123 cm³/mol. The molecule has 0 atom stereocenters. The molecule has 9 heteroatoms. The molecule has 1 aliphatic heterocycles. The maximum Gasteiger partial charge on any atom is 0.258 e. The van der Waals surface area contributed by atoms with Gasteiger partial charge in [0.1, 0.15) is 5.82 Å². The van der Waals surface area contributed by atoms with E-state index in [1.54, 1.807) is 12.3 Å². The minimum Gasteiger partial charge on any atom is -0.360 e. The van der Waals surface area contributed by atoms with E-state index in [2.05, 4.69) is 16.0 Å². The molecule has 3 aromatic heterocycles. The normalized spacial score (nSPS) is 14.4. The van der Waals surface area contributed by atoms with Gasteiger partial charge < -0.3 is 9.88 Å². The maximum absolute atomic E-state index is 13.4. The van der Waals surface area contributed by atoms with E-state index in [9.17, 15) is 14.0 Å². The SMILES string of the molecule is O=C(CSCc1cc(=O)n2ccsc2n1)N1CC=C(c2c[nH]c3cc(F)ccc23)CC1. The first-order chi connectivity index (χ1) is 15.1. The first kappa shape index (κ1) is 20.0. The van der Waals surface area contributed by atoms with Crippen LogP contribution in [0.2, 0.25) is 0 Å². The predicted octanol–water partition coefficient (Wildman–Crippen LogP) is 3.93. The van der Waals surface area contributed by atoms with E-state index in [1.165, 1.54) is 51.3 Å². The van der Waals surface area contributed by atoms with Gasteiger partial charge in [-0.1, -0.05) is 6.08 Å². The first-order valence-electron chi connectivity index (χ1n) is 9.86. The summed E-state index contributed by atoms with van der Waals surface area (Å²) in [7, 11) is 0. The number of nitrogens with one attached hydrogen (secondary N) is 1. The molecule has 0 saturated heterocycles. The number of benzene rings is 1. The Morgan fingerprint density at radius 2 is 2.23 bits per heavy atom. The van der Waals surface area contributed by atoms with Crippen molar-refractivity contribution in [3.05, 3.63) is 75.5 Å². The molecule has 1 amide bonds. The van der Waals surface area contributed by atoms with E-state index in [-0.39, 0.29) is 17.3 Å². The van der Waals surface area contributed by atoms with Crippen molar-refractivity contribution in [1.82, 2.24) is 19.3 Å². The van der Waals surface area contributed by atoms with Gasteiger partial charge in [-0.25, -0.2) is 9.37 Å². The zero-order valence-electron chi connectivity index (χ0n) is 16.5.